The number of nitrogens with one attached hydrogen (secondary N) is 1. The number of hydrogen-bond donors (Lipinski definition) is 1. The molecule has 0 aliphatic carbocycles. The van der Waals surface area contributed by atoms with Crippen LogP contribution in [0.1, 0.15) is 0 Å². The molecular weight excluding hydrogens is 140 g/mol. The highest BCUT2D eigenvalue weighted by Crippen LogP contribution is 1.74. The van der Waals surface area contributed by atoms with Crippen LogP contribution in [-0.2, 0) is 9.59 Å². The van der Waals surface area contributed by atoms with Crippen LogP contribution in [0.2, 0.25) is 0 Å². The molecule has 0 spiro atoms. The van der Waals surface area contributed by atoms with E-state index in [0.717, 1.165) is 0 Å². The molecule has 0 aromatic heterocycles. The van der Waals surface area contributed by atoms with Gasteiger partial charge in [0.2, 0.25) is 6.41 Å². The van der Waals surface area contributed by atoms with E-state index in [1.165, 1.54) is 7.05 Å². The molecule has 0 atom stereocenters. The molecule has 0 aliphatic heterocycles. The van der Waals surface area contributed by atoms with E-state index in [4.69, 9.17) is 0 Å². The van der Waals surface area contributed by atoms with Crippen molar-refractivity contribution in [3.63, 3.8) is 0 Å². The van der Waals surface area contributed by atoms with Crippen molar-refractivity contribution in [2.75, 3.05) is 7.05 Å². The van der Waals surface area contributed by atoms with Crippen molar-refractivity contribution in [2.45, 2.75) is 0 Å². The summed E-state index contributed by atoms with van der Waals surface area (Å²) in [4.78, 5) is 19.2. The second-order valence-electron chi connectivity index (χ2n) is 1.29. The predicted octanol–water partition coefficient (Wildman–Crippen LogP) is -1.39. The molecule has 0 saturated carbocycles. The zero-order valence-corrected chi connectivity index (χ0v) is 5.22. The Morgan fingerprint density at radius 2 is 2.30 bits per heavy atom. The van der Waals surface area contributed by atoms with Gasteiger partial charge in [-0.1, -0.05) is 0 Å². The van der Waals surface area contributed by atoms with Gasteiger partial charge in [0, 0.05) is 0 Å². The smallest absolute Gasteiger partial charge is 0.317 e. The molecule has 0 bridgehead atoms. The fourth-order valence-electron chi connectivity index (χ4n) is 0.220. The lowest BCUT2D eigenvalue weighted by Gasteiger charge is -2.01. The number of hydrogen-bond acceptors (Lipinski definition) is 4. The second kappa shape index (κ2) is 4.24. The van der Waals surface area contributed by atoms with Gasteiger partial charge in [-0.2, -0.15) is 5.43 Å². The van der Waals surface area contributed by atoms with Crippen LogP contribution in [0.15, 0.2) is 5.22 Å². The second-order valence-corrected chi connectivity index (χ2v) is 1.29. The normalized spacial score (nSPS) is 10.3. The van der Waals surface area contributed by atoms with Crippen LogP contribution in [0, 0.1) is 5.21 Å². The third-order valence-electron chi connectivity index (χ3n) is 0.538. The summed E-state index contributed by atoms with van der Waals surface area (Å²) in [5.41, 5.74) is 1.64. The summed E-state index contributed by atoms with van der Waals surface area (Å²) in [6, 6.07) is 0. The monoisotopic (exact) mass is 146 g/mol. The summed E-state index contributed by atoms with van der Waals surface area (Å²) in [5, 5.41) is 13.9. The average molecular weight is 146 g/mol. The molecule has 0 saturated heterocycles. The first-order valence-electron chi connectivity index (χ1n) is 2.27. The van der Waals surface area contributed by atoms with Gasteiger partial charge < -0.3 is 5.21 Å². The Bertz CT molecular complexity index is 156. The fourth-order valence-corrected chi connectivity index (χ4v) is 0.220. The molecule has 2 amide bonds. The van der Waals surface area contributed by atoms with Crippen LogP contribution in [0.25, 0.3) is 0 Å². The summed E-state index contributed by atoms with van der Waals surface area (Å²) < 4.78 is 0. The van der Waals surface area contributed by atoms with E-state index in [0.29, 0.717) is 11.4 Å². The lowest BCUT2D eigenvalue weighted by atomic mass is 11.1. The SMILES string of the molecule is CN(C=O)N=[N+]([O-])NC=O. The first kappa shape index (κ1) is 8.34. The van der Waals surface area contributed by atoms with Gasteiger partial charge in [0.05, 0.1) is 0 Å². The Labute approximate surface area is 56.4 Å². The van der Waals surface area contributed by atoms with Gasteiger partial charge in [-0.05, 0) is 4.97 Å². The van der Waals surface area contributed by atoms with Gasteiger partial charge >= 0.3 is 6.41 Å². The zero-order valence-electron chi connectivity index (χ0n) is 5.22. The van der Waals surface area contributed by atoms with Crippen molar-refractivity contribution in [1.82, 2.24) is 10.4 Å². The summed E-state index contributed by atoms with van der Waals surface area (Å²) >= 11 is 0. The first-order chi connectivity index (χ1) is 4.70. The molecule has 0 unspecified atom stereocenters. The van der Waals surface area contributed by atoms with Crippen molar-refractivity contribution >= 4 is 12.8 Å². The standard InChI is InChI=1S/C3H6N4O3/c1-6(3-9)5-7(10)4-2-8/h2-3H,1H3,(H,4,5,8). The highest BCUT2D eigenvalue weighted by atomic mass is 16.5. The van der Waals surface area contributed by atoms with Crippen LogP contribution in [0.3, 0.4) is 0 Å². The van der Waals surface area contributed by atoms with Crippen molar-refractivity contribution in [3.8, 4) is 0 Å². The summed E-state index contributed by atoms with van der Waals surface area (Å²) in [7, 11) is 1.25. The predicted molar refractivity (Wildman–Crippen MR) is 29.1 cm³/mol. The van der Waals surface area contributed by atoms with Gasteiger partial charge in [-0.3, -0.25) is 4.79 Å². The minimum atomic E-state index is -0.138. The fraction of sp³-hybridized carbons (Fsp3) is 0.333. The third-order valence-corrected chi connectivity index (χ3v) is 0.538. The van der Waals surface area contributed by atoms with Crippen molar-refractivity contribution in [2.24, 2.45) is 5.22 Å². The van der Waals surface area contributed by atoms with E-state index in [1.54, 1.807) is 5.43 Å². The van der Waals surface area contributed by atoms with Crippen LogP contribution in [0.5, 0.6) is 0 Å². The van der Waals surface area contributed by atoms with Crippen LogP contribution >= 0.6 is 0 Å². The highest BCUT2D eigenvalue weighted by Gasteiger charge is 1.95. The zero-order chi connectivity index (χ0) is 7.98. The number of rotatable bonds is 4. The Balaban J connectivity index is 3.87. The Kier molecular flexibility index (Phi) is 3.54. The topological polar surface area (TPSA) is 87.8 Å². The molecular formula is C3H6N4O3. The molecule has 0 radical (unpaired) electrons. The number of carbonyl (C=O) groups excluding carboxylic acids is 2. The quantitative estimate of drug-likeness (QED) is 0.229. The Morgan fingerprint density at radius 3 is 2.70 bits per heavy atom. The van der Waals surface area contributed by atoms with Gasteiger partial charge in [0.25, 0.3) is 0 Å². The Morgan fingerprint density at radius 1 is 1.70 bits per heavy atom. The Hall–Kier alpha value is -1.66. The van der Waals surface area contributed by atoms with Gasteiger partial charge in [0.1, 0.15) is 12.3 Å². The van der Waals surface area contributed by atoms with Gasteiger partial charge in [-0.15, -0.1) is 5.01 Å². The first-order valence-corrected chi connectivity index (χ1v) is 2.27. The summed E-state index contributed by atoms with van der Waals surface area (Å²) in [5.74, 6) is 0. The molecule has 0 rings (SSSR count). The molecule has 0 fully saturated rings. The molecule has 1 N–H and O–H groups in total. The van der Waals surface area contributed by atoms with Crippen LogP contribution in [-0.4, -0.2) is 29.8 Å². The van der Waals surface area contributed by atoms with Crippen molar-refractivity contribution < 1.29 is 14.6 Å². The maximum absolute atomic E-state index is 10.2. The van der Waals surface area contributed by atoms with Gasteiger partial charge in [-0.25, -0.2) is 4.79 Å². The maximum atomic E-state index is 10.2. The van der Waals surface area contributed by atoms with E-state index < -0.39 is 0 Å². The number of nitrogens with zero attached hydrogens (tertiary/aromatic N) is 3. The molecule has 7 nitrogen and oxygen atoms in total. The van der Waals surface area contributed by atoms with E-state index in [9.17, 15) is 14.8 Å². The van der Waals surface area contributed by atoms with E-state index in [2.05, 4.69) is 5.22 Å². The largest absolute Gasteiger partial charge is 0.672 e. The molecule has 0 heterocycles. The minimum absolute atomic E-state index is 0.138. The van der Waals surface area contributed by atoms with E-state index in [1.807, 2.05) is 0 Å². The van der Waals surface area contributed by atoms with Gasteiger partial charge in [0.15, 0.2) is 0 Å². The van der Waals surface area contributed by atoms with E-state index >= 15 is 0 Å². The maximum Gasteiger partial charge on any atom is 0.317 e. The third kappa shape index (κ3) is 3.36. The van der Waals surface area contributed by atoms with Crippen molar-refractivity contribution in [1.29, 1.82) is 0 Å². The number of hydrazine groups is 1. The van der Waals surface area contributed by atoms with E-state index in [-0.39, 0.29) is 11.4 Å². The number of amides is 2. The van der Waals surface area contributed by atoms with Crippen LogP contribution < -0.4 is 5.43 Å². The average Bonchev–Trinajstić information content (AvgIpc) is 1.88. The molecule has 0 aromatic rings. The molecule has 10 heavy (non-hydrogen) atoms. The van der Waals surface area contributed by atoms with Crippen molar-refractivity contribution in [3.05, 3.63) is 5.21 Å². The molecule has 0 aliphatic rings. The summed E-state index contributed by atoms with van der Waals surface area (Å²) in [6.07, 6.45) is 0.465. The highest BCUT2D eigenvalue weighted by molar-refractivity contribution is 5.45. The molecule has 56 valence electrons. The minimum Gasteiger partial charge on any atom is -0.672 e. The summed E-state index contributed by atoms with van der Waals surface area (Å²) in [6.45, 7) is 0. The van der Waals surface area contributed by atoms with Crippen LogP contribution in [0.4, 0.5) is 0 Å². The molecule has 7 heteroatoms. The lowest BCUT2D eigenvalue weighted by molar-refractivity contribution is -0.585. The number of carbonyl (C=O) groups is 2. The lowest BCUT2D eigenvalue weighted by Crippen LogP contribution is -2.24. The molecule has 0 aromatic carbocycles.